The van der Waals surface area contributed by atoms with E-state index in [0.29, 0.717) is 11.6 Å². The second-order valence-electron chi connectivity index (χ2n) is 4.99. The molecule has 18 heavy (non-hydrogen) atoms. The van der Waals surface area contributed by atoms with E-state index in [4.69, 9.17) is 5.26 Å². The Labute approximate surface area is 107 Å². The lowest BCUT2D eigenvalue weighted by Crippen LogP contribution is -2.16. The summed E-state index contributed by atoms with van der Waals surface area (Å²) in [6.45, 7) is 2.01. The van der Waals surface area contributed by atoms with Crippen molar-refractivity contribution in [2.24, 2.45) is 0 Å². The minimum Gasteiger partial charge on any atom is -0.269 e. The van der Waals surface area contributed by atoms with Crippen LogP contribution in [0.3, 0.4) is 0 Å². The van der Waals surface area contributed by atoms with Crippen LogP contribution in [0.2, 0.25) is 0 Å². The molecule has 0 saturated heterocycles. The molecule has 0 spiro atoms. The molecule has 0 bridgehead atoms. The monoisotopic (exact) mass is 237 g/mol. The molecule has 0 atom stereocenters. The fourth-order valence-electron chi connectivity index (χ4n) is 2.35. The molecule has 1 aliphatic rings. The van der Waals surface area contributed by atoms with Crippen molar-refractivity contribution in [2.75, 3.05) is 0 Å². The first-order valence-electron chi connectivity index (χ1n) is 6.32. The Kier molecular flexibility index (Phi) is 2.64. The highest BCUT2D eigenvalue weighted by Crippen LogP contribution is 2.32. The van der Waals surface area contributed by atoms with E-state index in [-0.39, 0.29) is 0 Å². The molecule has 0 aliphatic heterocycles. The number of aryl methyl sites for hydroxylation is 1. The van der Waals surface area contributed by atoms with Crippen LogP contribution in [-0.2, 0) is 0 Å². The van der Waals surface area contributed by atoms with Crippen LogP contribution in [0.5, 0.6) is 0 Å². The van der Waals surface area contributed by atoms with Crippen LogP contribution in [0.4, 0.5) is 0 Å². The molecule has 1 saturated carbocycles. The molecule has 1 aromatic carbocycles. The molecule has 0 amide bonds. The van der Waals surface area contributed by atoms with Crippen LogP contribution < -0.4 is 0 Å². The molecule has 3 heteroatoms. The molecule has 1 fully saturated rings. The molecule has 90 valence electrons. The highest BCUT2D eigenvalue weighted by Gasteiger charge is 2.20. The number of aromatic nitrogens is 2. The van der Waals surface area contributed by atoms with Crippen molar-refractivity contribution < 1.29 is 0 Å². The number of nitriles is 1. The van der Waals surface area contributed by atoms with Gasteiger partial charge in [-0.1, -0.05) is 6.07 Å². The molecule has 1 aliphatic carbocycles. The Hall–Kier alpha value is -2.08. The van der Waals surface area contributed by atoms with Gasteiger partial charge in [-0.2, -0.15) is 10.4 Å². The van der Waals surface area contributed by atoms with E-state index in [1.54, 1.807) is 0 Å². The summed E-state index contributed by atoms with van der Waals surface area (Å²) in [5, 5.41) is 13.4. The van der Waals surface area contributed by atoms with Gasteiger partial charge < -0.3 is 0 Å². The van der Waals surface area contributed by atoms with Gasteiger partial charge in [-0.15, -0.1) is 0 Å². The molecular weight excluding hydrogens is 222 g/mol. The zero-order valence-corrected chi connectivity index (χ0v) is 10.4. The third-order valence-electron chi connectivity index (χ3n) is 3.59. The SMILES string of the molecule is Cc1cc(C#N)cc(-c2cnn(C3CCC3)c2)c1. The largest absolute Gasteiger partial charge is 0.269 e. The fourth-order valence-corrected chi connectivity index (χ4v) is 2.35. The van der Waals surface area contributed by atoms with E-state index in [2.05, 4.69) is 28.1 Å². The topological polar surface area (TPSA) is 41.6 Å². The minimum absolute atomic E-state index is 0.582. The lowest BCUT2D eigenvalue weighted by Gasteiger charge is -2.25. The first-order valence-corrected chi connectivity index (χ1v) is 6.32. The van der Waals surface area contributed by atoms with E-state index < -0.39 is 0 Å². The van der Waals surface area contributed by atoms with Crippen molar-refractivity contribution >= 4 is 0 Å². The summed E-state index contributed by atoms with van der Waals surface area (Å²) >= 11 is 0. The van der Waals surface area contributed by atoms with E-state index in [1.807, 2.05) is 25.3 Å². The van der Waals surface area contributed by atoms with Gasteiger partial charge in [0.2, 0.25) is 0 Å². The Morgan fingerprint density at radius 2 is 2.11 bits per heavy atom. The summed E-state index contributed by atoms with van der Waals surface area (Å²) in [7, 11) is 0. The van der Waals surface area contributed by atoms with Crippen molar-refractivity contribution in [3.8, 4) is 17.2 Å². The number of hydrogen-bond acceptors (Lipinski definition) is 2. The van der Waals surface area contributed by atoms with Crippen LogP contribution in [0, 0.1) is 18.3 Å². The van der Waals surface area contributed by atoms with Gasteiger partial charge in [-0.25, -0.2) is 0 Å². The summed E-state index contributed by atoms with van der Waals surface area (Å²) in [4.78, 5) is 0. The lowest BCUT2D eigenvalue weighted by atomic mass is 9.93. The maximum atomic E-state index is 9.00. The van der Waals surface area contributed by atoms with Crippen molar-refractivity contribution in [3.63, 3.8) is 0 Å². The van der Waals surface area contributed by atoms with Crippen molar-refractivity contribution in [2.45, 2.75) is 32.2 Å². The summed E-state index contributed by atoms with van der Waals surface area (Å²) < 4.78 is 2.06. The minimum atomic E-state index is 0.582. The third-order valence-corrected chi connectivity index (χ3v) is 3.59. The normalized spacial score (nSPS) is 15.1. The Bertz CT molecular complexity index is 615. The van der Waals surface area contributed by atoms with Gasteiger partial charge in [-0.3, -0.25) is 4.68 Å². The summed E-state index contributed by atoms with van der Waals surface area (Å²) in [6.07, 6.45) is 7.77. The number of nitrogens with zero attached hydrogens (tertiary/aromatic N) is 3. The maximum Gasteiger partial charge on any atom is 0.0991 e. The van der Waals surface area contributed by atoms with Crippen molar-refractivity contribution in [1.82, 2.24) is 9.78 Å². The van der Waals surface area contributed by atoms with Gasteiger partial charge in [0.05, 0.1) is 23.9 Å². The van der Waals surface area contributed by atoms with E-state index >= 15 is 0 Å². The predicted molar refractivity (Wildman–Crippen MR) is 70.0 cm³/mol. The molecular formula is C15H15N3. The highest BCUT2D eigenvalue weighted by molar-refractivity contribution is 5.64. The average molecular weight is 237 g/mol. The fraction of sp³-hybridized carbons (Fsp3) is 0.333. The van der Waals surface area contributed by atoms with Crippen LogP contribution in [0.25, 0.3) is 11.1 Å². The van der Waals surface area contributed by atoms with Crippen LogP contribution >= 0.6 is 0 Å². The maximum absolute atomic E-state index is 9.00. The van der Waals surface area contributed by atoms with E-state index in [1.165, 1.54) is 19.3 Å². The highest BCUT2D eigenvalue weighted by atomic mass is 15.3. The molecule has 2 aromatic rings. The number of benzene rings is 1. The molecule has 1 aromatic heterocycles. The zero-order chi connectivity index (χ0) is 12.5. The van der Waals surface area contributed by atoms with Crippen LogP contribution in [0.15, 0.2) is 30.6 Å². The van der Waals surface area contributed by atoms with E-state index in [9.17, 15) is 0 Å². The summed E-state index contributed by atoms with van der Waals surface area (Å²) in [5.41, 5.74) is 4.00. The Balaban J connectivity index is 1.96. The molecule has 0 radical (unpaired) electrons. The van der Waals surface area contributed by atoms with Crippen LogP contribution in [0.1, 0.15) is 36.4 Å². The molecule has 3 nitrogen and oxygen atoms in total. The van der Waals surface area contributed by atoms with Gasteiger partial charge in [0, 0.05) is 11.8 Å². The Morgan fingerprint density at radius 3 is 2.78 bits per heavy atom. The number of hydrogen-bond donors (Lipinski definition) is 0. The van der Waals surface area contributed by atoms with Gasteiger partial charge in [-0.05, 0) is 49.4 Å². The zero-order valence-electron chi connectivity index (χ0n) is 10.4. The van der Waals surface area contributed by atoms with Crippen molar-refractivity contribution in [3.05, 3.63) is 41.7 Å². The first kappa shape index (κ1) is 11.0. The van der Waals surface area contributed by atoms with E-state index in [0.717, 1.165) is 16.7 Å². The first-order chi connectivity index (χ1) is 8.76. The Morgan fingerprint density at radius 1 is 1.28 bits per heavy atom. The number of rotatable bonds is 2. The molecule has 0 N–H and O–H groups in total. The third kappa shape index (κ3) is 1.91. The second kappa shape index (κ2) is 4.30. The standard InChI is InChI=1S/C15H15N3/c1-11-5-12(8-16)7-13(6-11)14-9-17-18(10-14)15-3-2-4-15/h5-7,9-10,15H,2-4H2,1H3. The van der Waals surface area contributed by atoms with Gasteiger partial charge in [0.15, 0.2) is 0 Å². The smallest absolute Gasteiger partial charge is 0.0991 e. The van der Waals surface area contributed by atoms with Gasteiger partial charge >= 0.3 is 0 Å². The van der Waals surface area contributed by atoms with Crippen molar-refractivity contribution in [1.29, 1.82) is 5.26 Å². The quantitative estimate of drug-likeness (QED) is 0.802. The summed E-state index contributed by atoms with van der Waals surface area (Å²) in [5.74, 6) is 0. The second-order valence-corrected chi connectivity index (χ2v) is 4.99. The van der Waals surface area contributed by atoms with Gasteiger partial charge in [0.25, 0.3) is 0 Å². The predicted octanol–water partition coefficient (Wildman–Crippen LogP) is 3.46. The van der Waals surface area contributed by atoms with Crippen LogP contribution in [-0.4, -0.2) is 9.78 Å². The molecule has 0 unspecified atom stereocenters. The van der Waals surface area contributed by atoms with Gasteiger partial charge in [0.1, 0.15) is 0 Å². The average Bonchev–Trinajstić information content (AvgIpc) is 2.75. The lowest BCUT2D eigenvalue weighted by molar-refractivity contribution is 0.289. The molecule has 1 heterocycles. The molecule has 3 rings (SSSR count). The summed E-state index contributed by atoms with van der Waals surface area (Å²) in [6, 6.07) is 8.71.